The summed E-state index contributed by atoms with van der Waals surface area (Å²) in [5.41, 5.74) is -0.267. The van der Waals surface area contributed by atoms with Crippen LogP contribution in [-0.2, 0) is 6.61 Å². The number of carboxylic acids is 1. The number of aromatic carboxylic acids is 1. The van der Waals surface area contributed by atoms with Crippen LogP contribution < -0.4 is 20.7 Å². The summed E-state index contributed by atoms with van der Waals surface area (Å²) >= 11 is 0.732. The molecule has 180 valence electrons. The summed E-state index contributed by atoms with van der Waals surface area (Å²) < 4.78 is 36.9. The second kappa shape index (κ2) is 11.9. The summed E-state index contributed by atoms with van der Waals surface area (Å²) in [5, 5.41) is 18.2. The Bertz CT molecular complexity index is 980. The molecule has 0 saturated heterocycles. The first kappa shape index (κ1) is 24.8. The Morgan fingerprint density at radius 1 is 1.18 bits per heavy atom. The quantitative estimate of drug-likeness (QED) is 0.373. The molecule has 3 rings (SSSR count). The Balaban J connectivity index is 1.49. The van der Waals surface area contributed by atoms with Gasteiger partial charge in [0, 0.05) is 18.2 Å². The molecule has 4 N–H and O–H groups in total. The maximum Gasteiger partial charge on any atom is 0.344 e. The van der Waals surface area contributed by atoms with Crippen molar-refractivity contribution in [3.8, 4) is 5.88 Å². The van der Waals surface area contributed by atoms with Crippen molar-refractivity contribution in [3.05, 3.63) is 40.5 Å². The highest BCUT2D eigenvalue weighted by atomic mass is 32.1. The number of amides is 2. The molecule has 11 heteroatoms. The molecule has 0 radical (unpaired) electrons. The van der Waals surface area contributed by atoms with Crippen LogP contribution in [0.2, 0.25) is 0 Å². The van der Waals surface area contributed by atoms with Crippen molar-refractivity contribution in [2.75, 3.05) is 18.4 Å². The minimum Gasteiger partial charge on any atom is -0.477 e. The van der Waals surface area contributed by atoms with Gasteiger partial charge in [-0.1, -0.05) is 19.3 Å². The van der Waals surface area contributed by atoms with Crippen molar-refractivity contribution in [1.29, 1.82) is 0 Å². The number of aromatic nitrogens is 1. The van der Waals surface area contributed by atoms with Gasteiger partial charge in [0.2, 0.25) is 5.88 Å². The molecule has 1 aliphatic rings. The number of ether oxygens (including phenoxy) is 1. The highest BCUT2D eigenvalue weighted by molar-refractivity contribution is 7.11. The van der Waals surface area contributed by atoms with Crippen LogP contribution in [0.1, 0.15) is 60.0 Å². The molecule has 0 atom stereocenters. The monoisotopic (exact) mass is 482 g/mol. The fourth-order valence-electron chi connectivity index (χ4n) is 3.64. The third kappa shape index (κ3) is 7.10. The van der Waals surface area contributed by atoms with Gasteiger partial charge in [0.1, 0.15) is 23.2 Å². The van der Waals surface area contributed by atoms with E-state index in [1.54, 1.807) is 0 Å². The fraction of sp³-hybridized carbons (Fsp3) is 0.500. The summed E-state index contributed by atoms with van der Waals surface area (Å²) in [7, 11) is 0. The van der Waals surface area contributed by atoms with E-state index in [9.17, 15) is 23.5 Å². The van der Waals surface area contributed by atoms with Crippen molar-refractivity contribution in [2.24, 2.45) is 0 Å². The number of carboxylic acid groups (broad SMARTS) is 1. The number of carbonyl (C=O) groups is 2. The summed E-state index contributed by atoms with van der Waals surface area (Å²) in [6.45, 7) is 2.24. The Morgan fingerprint density at radius 3 is 2.67 bits per heavy atom. The zero-order valence-corrected chi connectivity index (χ0v) is 19.2. The summed E-state index contributed by atoms with van der Waals surface area (Å²) in [4.78, 5) is 23.9. The number of aryl methyl sites for hydroxylation is 1. The second-order valence-corrected chi connectivity index (χ2v) is 8.78. The molecule has 2 aromatic rings. The lowest BCUT2D eigenvalue weighted by Gasteiger charge is -2.22. The van der Waals surface area contributed by atoms with Crippen molar-refractivity contribution in [3.63, 3.8) is 0 Å². The van der Waals surface area contributed by atoms with Gasteiger partial charge < -0.3 is 20.5 Å². The molecule has 0 aliphatic heterocycles. The highest BCUT2D eigenvalue weighted by Crippen LogP contribution is 2.31. The minimum absolute atomic E-state index is 0.00844. The zero-order valence-electron chi connectivity index (χ0n) is 18.4. The number of anilines is 1. The molecule has 1 saturated carbocycles. The predicted octanol–water partition coefficient (Wildman–Crippen LogP) is 4.44. The van der Waals surface area contributed by atoms with Gasteiger partial charge >= 0.3 is 12.0 Å². The van der Waals surface area contributed by atoms with Gasteiger partial charge in [-0.25, -0.2) is 18.4 Å². The first-order chi connectivity index (χ1) is 15.8. The topological polar surface area (TPSA) is 113 Å². The van der Waals surface area contributed by atoms with Crippen molar-refractivity contribution in [1.82, 2.24) is 15.0 Å². The molecule has 8 nitrogen and oxygen atoms in total. The molecular formula is C22H28F2N4O4S. The van der Waals surface area contributed by atoms with Crippen LogP contribution >= 0.6 is 11.5 Å². The molecule has 1 fully saturated rings. The van der Waals surface area contributed by atoms with Gasteiger partial charge in [-0.3, -0.25) is 5.32 Å². The maximum absolute atomic E-state index is 14.0. The van der Waals surface area contributed by atoms with E-state index in [0.717, 1.165) is 36.6 Å². The molecular weight excluding hydrogens is 454 g/mol. The molecule has 0 unspecified atom stereocenters. The normalized spacial score (nSPS) is 14.2. The summed E-state index contributed by atoms with van der Waals surface area (Å²) in [6, 6.07) is 2.02. The highest BCUT2D eigenvalue weighted by Gasteiger charge is 2.24. The van der Waals surface area contributed by atoms with E-state index < -0.39 is 30.2 Å². The first-order valence-corrected chi connectivity index (χ1v) is 11.7. The zero-order chi connectivity index (χ0) is 23.8. The SMILES string of the molecule is Cc1cc(F)c(COc2nsc(NC(=O)NCCCNC3CCCCC3)c2C(=O)O)cc1F. The Morgan fingerprint density at radius 2 is 1.94 bits per heavy atom. The van der Waals surface area contributed by atoms with Gasteiger partial charge in [0.25, 0.3) is 0 Å². The van der Waals surface area contributed by atoms with Gasteiger partial charge in [0.15, 0.2) is 5.56 Å². The van der Waals surface area contributed by atoms with Crippen LogP contribution in [0.15, 0.2) is 12.1 Å². The van der Waals surface area contributed by atoms with Crippen LogP contribution in [0.3, 0.4) is 0 Å². The molecule has 0 spiro atoms. The number of urea groups is 1. The van der Waals surface area contributed by atoms with Crippen molar-refractivity contribution < 1.29 is 28.2 Å². The smallest absolute Gasteiger partial charge is 0.344 e. The number of rotatable bonds is 10. The number of halogens is 2. The molecule has 33 heavy (non-hydrogen) atoms. The van der Waals surface area contributed by atoms with E-state index >= 15 is 0 Å². The molecule has 0 bridgehead atoms. The first-order valence-electron chi connectivity index (χ1n) is 10.9. The molecule has 1 heterocycles. The summed E-state index contributed by atoms with van der Waals surface area (Å²) in [6.07, 6.45) is 6.92. The van der Waals surface area contributed by atoms with Gasteiger partial charge in [-0.2, -0.15) is 4.37 Å². The standard InChI is InChI=1S/C22H28F2N4O4S/c1-13-10-17(24)14(11-16(13)23)12-32-19-18(21(29)30)20(33-28-19)27-22(31)26-9-5-8-25-15-6-3-2-4-7-15/h10-11,15,25H,2-9,12H2,1H3,(H,29,30)(H2,26,27,31). The lowest BCUT2D eigenvalue weighted by atomic mass is 9.95. The van der Waals surface area contributed by atoms with Crippen LogP contribution in [0.5, 0.6) is 5.88 Å². The number of nitrogens with one attached hydrogen (secondary N) is 3. The van der Waals surface area contributed by atoms with Gasteiger partial charge in [0.05, 0.1) is 0 Å². The molecule has 1 aromatic carbocycles. The minimum atomic E-state index is -1.36. The average molecular weight is 483 g/mol. The van der Waals surface area contributed by atoms with E-state index in [1.165, 1.54) is 39.0 Å². The van der Waals surface area contributed by atoms with E-state index in [-0.39, 0.29) is 27.6 Å². The lowest BCUT2D eigenvalue weighted by molar-refractivity contribution is 0.0693. The van der Waals surface area contributed by atoms with Crippen LogP contribution in [-0.4, -0.2) is 40.6 Å². The van der Waals surface area contributed by atoms with Gasteiger partial charge in [-0.15, -0.1) is 0 Å². The fourth-order valence-corrected chi connectivity index (χ4v) is 4.37. The number of carbonyl (C=O) groups excluding carboxylic acids is 1. The number of hydrogen-bond acceptors (Lipinski definition) is 6. The molecule has 1 aliphatic carbocycles. The third-order valence-electron chi connectivity index (χ3n) is 5.47. The van der Waals surface area contributed by atoms with E-state index in [4.69, 9.17) is 4.74 Å². The van der Waals surface area contributed by atoms with Crippen molar-refractivity contribution in [2.45, 2.75) is 58.1 Å². The van der Waals surface area contributed by atoms with Gasteiger partial charge in [-0.05, 0) is 62.0 Å². The second-order valence-electron chi connectivity index (χ2n) is 8.00. The predicted molar refractivity (Wildman–Crippen MR) is 121 cm³/mol. The molecule has 1 aromatic heterocycles. The average Bonchev–Trinajstić information content (AvgIpc) is 3.18. The Kier molecular flexibility index (Phi) is 8.95. The number of hydrogen-bond donors (Lipinski definition) is 4. The lowest BCUT2D eigenvalue weighted by Crippen LogP contribution is -2.35. The maximum atomic E-state index is 14.0. The van der Waals surface area contributed by atoms with Crippen LogP contribution in [0, 0.1) is 18.6 Å². The molecule has 2 amide bonds. The van der Waals surface area contributed by atoms with E-state index in [1.807, 2.05) is 0 Å². The third-order valence-corrected chi connectivity index (χ3v) is 6.22. The van der Waals surface area contributed by atoms with E-state index in [2.05, 4.69) is 20.3 Å². The Labute approximate surface area is 194 Å². The number of benzene rings is 1. The van der Waals surface area contributed by atoms with Crippen LogP contribution in [0.25, 0.3) is 0 Å². The van der Waals surface area contributed by atoms with Crippen molar-refractivity contribution >= 4 is 28.5 Å². The van der Waals surface area contributed by atoms with E-state index in [0.29, 0.717) is 12.6 Å². The summed E-state index contributed by atoms with van der Waals surface area (Å²) in [5.74, 6) is -2.91. The van der Waals surface area contributed by atoms with Crippen LogP contribution in [0.4, 0.5) is 18.6 Å². The Hall–Kier alpha value is -2.79. The largest absolute Gasteiger partial charge is 0.477 e. The number of nitrogens with zero attached hydrogens (tertiary/aromatic N) is 1.